The second kappa shape index (κ2) is 14.4. The number of aromatic nitrogens is 2. The van der Waals surface area contributed by atoms with Gasteiger partial charge in [-0.15, -0.1) is 23.8 Å². The molecule has 43 heavy (non-hydrogen) atoms. The average Bonchev–Trinajstić information content (AvgIpc) is 3.42. The molecule has 0 aliphatic carbocycles. The quantitative estimate of drug-likeness (QED) is 0.124. The second-order valence-corrected chi connectivity index (χ2v) is 23.3. The molecule has 0 unspecified atom stereocenters. The van der Waals surface area contributed by atoms with Crippen LogP contribution in [0.2, 0.25) is 17.3 Å². The van der Waals surface area contributed by atoms with Crippen molar-refractivity contribution in [3.05, 3.63) is 114 Å². The van der Waals surface area contributed by atoms with E-state index < -0.39 is 32.9 Å². The average molecular weight is 829 g/mol. The van der Waals surface area contributed by atoms with Gasteiger partial charge in [-0.25, -0.2) is 0 Å². The van der Waals surface area contributed by atoms with E-state index in [2.05, 4.69) is 71.4 Å². The number of hydrogen-bond donors (Lipinski definition) is 0. The van der Waals surface area contributed by atoms with Crippen LogP contribution in [0.3, 0.4) is 0 Å². The minimum Gasteiger partial charge on any atom is 0 e. The Hall–Kier alpha value is -2.63. The van der Waals surface area contributed by atoms with Crippen molar-refractivity contribution in [1.29, 1.82) is 0 Å². The Morgan fingerprint density at radius 1 is 0.907 bits per heavy atom. The first-order valence-corrected chi connectivity index (χ1v) is 22.3. The molecule has 1 radical (unpaired) electrons. The van der Waals surface area contributed by atoms with Crippen molar-refractivity contribution >= 4 is 49.2 Å². The molecule has 0 amide bonds. The Balaban J connectivity index is 0.000000277. The second-order valence-electron chi connectivity index (χ2n) is 11.6. The Morgan fingerprint density at radius 2 is 1.74 bits per heavy atom. The Bertz CT molecular complexity index is 2080. The summed E-state index contributed by atoms with van der Waals surface area (Å²) < 4.78 is 58.8. The van der Waals surface area contributed by atoms with Crippen LogP contribution in [0.25, 0.3) is 42.7 Å². The topological polar surface area (TPSA) is 25.8 Å². The molecular weight excluding hydrogens is 781 g/mol. The van der Waals surface area contributed by atoms with Gasteiger partial charge in [0.25, 0.3) is 0 Å². The molecule has 223 valence electrons. The zero-order valence-corrected chi connectivity index (χ0v) is 30.6. The summed E-state index contributed by atoms with van der Waals surface area (Å²) in [7, 11) is 0. The van der Waals surface area contributed by atoms with E-state index in [9.17, 15) is 0 Å². The minimum atomic E-state index is -2.80. The normalized spacial score (nSPS) is 14.7. The van der Waals surface area contributed by atoms with Crippen molar-refractivity contribution in [2.24, 2.45) is 0 Å². The fourth-order valence-electron chi connectivity index (χ4n) is 4.88. The van der Waals surface area contributed by atoms with Crippen LogP contribution < -0.4 is 4.40 Å². The van der Waals surface area contributed by atoms with Crippen molar-refractivity contribution in [3.63, 3.8) is 0 Å². The summed E-state index contributed by atoms with van der Waals surface area (Å²) in [5.74, 6) is 7.30. The van der Waals surface area contributed by atoms with Gasteiger partial charge in [-0.05, 0) is 57.7 Å². The first kappa shape index (κ1) is 24.7. The summed E-state index contributed by atoms with van der Waals surface area (Å²) in [4.78, 5) is 8.92. The molecule has 3 aromatic carbocycles. The summed E-state index contributed by atoms with van der Waals surface area (Å²) in [6.45, 7) is 2.87. The van der Waals surface area contributed by atoms with Crippen LogP contribution >= 0.6 is 11.3 Å². The van der Waals surface area contributed by atoms with Gasteiger partial charge in [0.2, 0.25) is 0 Å². The third kappa shape index (κ3) is 7.54. The summed E-state index contributed by atoms with van der Waals surface area (Å²) >= 11 is -0.206. The first-order chi connectivity index (χ1) is 22.8. The summed E-state index contributed by atoms with van der Waals surface area (Å²) in [5, 5.41) is 2.01. The number of rotatable bonds is 6. The van der Waals surface area contributed by atoms with E-state index in [-0.39, 0.29) is 31.6 Å². The molecule has 3 heterocycles. The number of nitrogens with zero attached hydrogens (tertiary/aromatic N) is 2. The molecule has 0 fully saturated rings. The maximum absolute atomic E-state index is 8.30. The molecule has 0 N–H and O–H groups in total. The Kier molecular flexibility index (Phi) is 8.28. The molecule has 6 rings (SSSR count). The van der Waals surface area contributed by atoms with E-state index in [1.54, 1.807) is 13.0 Å². The summed E-state index contributed by atoms with van der Waals surface area (Å²) in [6.07, 6.45) is -0.521. The van der Waals surface area contributed by atoms with Crippen LogP contribution in [0.1, 0.15) is 59.8 Å². The Morgan fingerprint density at radius 3 is 2.40 bits per heavy atom. The molecule has 0 saturated heterocycles. The molecule has 5 heteroatoms. The van der Waals surface area contributed by atoms with Gasteiger partial charge in [-0.2, -0.15) is 11.3 Å². The van der Waals surface area contributed by atoms with Crippen LogP contribution in [0.4, 0.5) is 0 Å². The van der Waals surface area contributed by atoms with E-state index in [0.717, 1.165) is 37.0 Å². The van der Waals surface area contributed by atoms with Crippen LogP contribution in [0.5, 0.6) is 0 Å². The van der Waals surface area contributed by atoms with Crippen LogP contribution in [-0.2, 0) is 32.9 Å². The molecule has 6 aromatic rings. The van der Waals surface area contributed by atoms with E-state index in [1.807, 2.05) is 42.6 Å². The number of fused-ring (bicyclic) bond motifs is 3. The molecule has 0 spiro atoms. The molecular formula is C38H40GeIrN2S-2. The van der Waals surface area contributed by atoms with Crippen molar-refractivity contribution in [2.45, 2.75) is 63.6 Å². The molecule has 0 saturated carbocycles. The van der Waals surface area contributed by atoms with Gasteiger partial charge in [-0.3, -0.25) is 0 Å². The standard InChI is InChI=1S/C24H24NS.C14H16GeN.Ir/c1-5-16-10-11-25-22(12-16)19-9-7-8-18-21-14-20(15(3)4)17(6-2)13-23(21)26-24(18)19;1-15(2,3)13-9-10-14(16-11-13)12-7-5-4-6-8-12;/h7-8,10-15H,5-6H2,1-4H3;4-7,9-11H,1-3H3;/q2*-1;/i1D3,5D2,6D2;;. The van der Waals surface area contributed by atoms with Crippen molar-refractivity contribution in [1.82, 2.24) is 9.97 Å². The van der Waals surface area contributed by atoms with E-state index in [0.29, 0.717) is 16.8 Å². The number of pyridine rings is 2. The van der Waals surface area contributed by atoms with Gasteiger partial charge < -0.3 is 4.98 Å². The van der Waals surface area contributed by atoms with Crippen molar-refractivity contribution in [2.75, 3.05) is 0 Å². The third-order valence-electron chi connectivity index (χ3n) is 7.27. The molecule has 3 aromatic heterocycles. The molecule has 0 aliphatic rings. The van der Waals surface area contributed by atoms with Gasteiger partial charge in [-0.1, -0.05) is 50.7 Å². The van der Waals surface area contributed by atoms with Gasteiger partial charge in [0, 0.05) is 40.6 Å². The largest absolute Gasteiger partial charge is 0 e. The number of thiophene rings is 1. The number of hydrogen-bond acceptors (Lipinski definition) is 3. The first-order valence-electron chi connectivity index (χ1n) is 17.6. The predicted octanol–water partition coefficient (Wildman–Crippen LogP) is 10.3. The number of aryl methyl sites for hydroxylation is 2. The third-order valence-corrected chi connectivity index (χ3v) is 12.7. The van der Waals surface area contributed by atoms with Crippen LogP contribution in [-0.4, -0.2) is 23.2 Å². The van der Waals surface area contributed by atoms with Crippen molar-refractivity contribution in [3.8, 4) is 22.5 Å². The molecule has 2 nitrogen and oxygen atoms in total. The zero-order valence-electron chi connectivity index (χ0n) is 32.3. The minimum absolute atomic E-state index is 0. The molecule has 0 aliphatic heterocycles. The van der Waals surface area contributed by atoms with Crippen molar-refractivity contribution < 1.29 is 29.7 Å². The van der Waals surface area contributed by atoms with Crippen LogP contribution in [0, 0.1) is 12.1 Å². The fraction of sp³-hybridized carbons (Fsp3) is 0.263. The van der Waals surface area contributed by atoms with Gasteiger partial charge in [0.15, 0.2) is 0 Å². The maximum atomic E-state index is 8.30. The number of benzene rings is 3. The Labute approximate surface area is 287 Å². The van der Waals surface area contributed by atoms with Gasteiger partial charge in [0.1, 0.15) is 0 Å². The smallest absolute Gasteiger partial charge is 0 e. The zero-order chi connectivity index (χ0) is 35.9. The summed E-state index contributed by atoms with van der Waals surface area (Å²) in [5.41, 5.74) is 4.88. The van der Waals surface area contributed by atoms with E-state index >= 15 is 0 Å². The molecule has 0 atom stereocenters. The van der Waals surface area contributed by atoms with Gasteiger partial charge in [0.05, 0.1) is 0 Å². The fourth-order valence-corrected chi connectivity index (χ4v) is 8.28. The summed E-state index contributed by atoms with van der Waals surface area (Å²) in [6, 6.07) is 29.3. The van der Waals surface area contributed by atoms with E-state index in [4.69, 9.17) is 9.60 Å². The predicted molar refractivity (Wildman–Crippen MR) is 186 cm³/mol. The monoisotopic (exact) mass is 830 g/mol. The SMILES string of the molecule is [2H]C([2H])(C)c1cc2sc3c(-c4cc(C([2H])([2H])C([2H])([2H])[2H])ccn4)[c-]ccc3c2cc1C(C)C.[CH3][Ge]([CH3])([CH3])[c]1ccc(-c2[c-]cccc2)nc1.[Ir]. The van der Waals surface area contributed by atoms with E-state index in [1.165, 1.54) is 34.1 Å². The maximum Gasteiger partial charge on any atom is 0 e. The van der Waals surface area contributed by atoms with Gasteiger partial charge >= 0.3 is 99.8 Å². The molecule has 0 bridgehead atoms. The van der Waals surface area contributed by atoms with Crippen LogP contribution in [0.15, 0.2) is 85.2 Å².